The van der Waals surface area contributed by atoms with Gasteiger partial charge in [0.15, 0.2) is 0 Å². The maximum Gasteiger partial charge on any atom is 0.270 e. The van der Waals surface area contributed by atoms with Gasteiger partial charge in [0.1, 0.15) is 0 Å². The molecule has 0 saturated heterocycles. The normalized spacial score (nSPS) is 12.2. The largest absolute Gasteiger partial charge is 0.270 e. The molecule has 3 N–H and O–H groups in total. The fourth-order valence-corrected chi connectivity index (χ4v) is 2.99. The van der Waals surface area contributed by atoms with Crippen molar-refractivity contribution in [1.29, 1.82) is 0 Å². The van der Waals surface area contributed by atoms with E-state index in [2.05, 4.69) is 4.72 Å². The van der Waals surface area contributed by atoms with Crippen LogP contribution in [-0.4, -0.2) is 34.1 Å². The Bertz CT molecular complexity index is 698. The first-order valence-electron chi connectivity index (χ1n) is 5.36. The molecule has 112 valence electrons. The third-order valence-corrected chi connectivity index (χ3v) is 4.55. The molecule has 0 spiro atoms. The molecule has 20 heavy (non-hydrogen) atoms. The molecule has 1 aromatic carbocycles. The van der Waals surface area contributed by atoms with Crippen molar-refractivity contribution in [2.75, 3.05) is 12.3 Å². The fraction of sp³-hybridized carbons (Fsp3) is 0.333. The van der Waals surface area contributed by atoms with E-state index in [0.717, 1.165) is 6.07 Å². The number of sulfonamides is 2. The maximum absolute atomic E-state index is 11.8. The number of hydrogen-bond donors (Lipinski definition) is 2. The smallest absolute Gasteiger partial charge is 0.258 e. The third-order valence-electron chi connectivity index (χ3n) is 2.24. The monoisotopic (exact) mass is 323 g/mol. The van der Waals surface area contributed by atoms with Crippen molar-refractivity contribution in [1.82, 2.24) is 4.72 Å². The Labute approximate surface area is 116 Å². The summed E-state index contributed by atoms with van der Waals surface area (Å²) in [7, 11) is -7.57. The number of hydrogen-bond acceptors (Lipinski definition) is 6. The summed E-state index contributed by atoms with van der Waals surface area (Å²) in [6.45, 7) is -0.137. The maximum atomic E-state index is 11.8. The van der Waals surface area contributed by atoms with Crippen molar-refractivity contribution in [3.05, 3.63) is 34.4 Å². The van der Waals surface area contributed by atoms with Crippen molar-refractivity contribution >= 4 is 25.7 Å². The van der Waals surface area contributed by atoms with E-state index in [9.17, 15) is 26.9 Å². The summed E-state index contributed by atoms with van der Waals surface area (Å²) in [5.74, 6) is -0.357. The summed E-state index contributed by atoms with van der Waals surface area (Å²) >= 11 is 0. The quantitative estimate of drug-likeness (QED) is 0.394. The summed E-state index contributed by atoms with van der Waals surface area (Å²) in [5, 5.41) is 15.3. The van der Waals surface area contributed by atoms with Gasteiger partial charge in [0.05, 0.1) is 15.6 Å². The molecule has 0 radical (unpaired) electrons. The molecule has 0 aliphatic rings. The van der Waals surface area contributed by atoms with Gasteiger partial charge >= 0.3 is 0 Å². The highest BCUT2D eigenvalue weighted by atomic mass is 32.2. The zero-order valence-electron chi connectivity index (χ0n) is 10.2. The van der Waals surface area contributed by atoms with Crippen LogP contribution in [0.4, 0.5) is 5.69 Å². The van der Waals surface area contributed by atoms with Crippen molar-refractivity contribution in [2.45, 2.75) is 11.3 Å². The molecule has 9 nitrogen and oxygen atoms in total. The second-order valence-electron chi connectivity index (χ2n) is 3.87. The van der Waals surface area contributed by atoms with Crippen LogP contribution < -0.4 is 9.86 Å². The lowest BCUT2D eigenvalue weighted by molar-refractivity contribution is -0.385. The summed E-state index contributed by atoms with van der Waals surface area (Å²) < 4.78 is 47.1. The summed E-state index contributed by atoms with van der Waals surface area (Å²) in [4.78, 5) is 9.59. The first kappa shape index (κ1) is 16.5. The molecule has 0 heterocycles. The summed E-state index contributed by atoms with van der Waals surface area (Å²) in [5.41, 5.74) is -0.350. The average Bonchev–Trinajstić information content (AvgIpc) is 2.34. The lowest BCUT2D eigenvalue weighted by Crippen LogP contribution is -2.27. The van der Waals surface area contributed by atoms with Gasteiger partial charge < -0.3 is 0 Å². The Balaban J connectivity index is 2.74. The second-order valence-corrected chi connectivity index (χ2v) is 7.37. The Morgan fingerprint density at radius 1 is 1.25 bits per heavy atom. The van der Waals surface area contributed by atoms with E-state index in [1.165, 1.54) is 18.2 Å². The molecule has 0 fully saturated rings. The molecule has 0 aromatic heterocycles. The molecular formula is C9H13N3O6S2. The van der Waals surface area contributed by atoms with Crippen molar-refractivity contribution in [2.24, 2.45) is 5.14 Å². The molecule has 0 unspecified atom stereocenters. The topological polar surface area (TPSA) is 149 Å². The Morgan fingerprint density at radius 3 is 2.45 bits per heavy atom. The first-order chi connectivity index (χ1) is 9.12. The SMILES string of the molecule is NS(=O)(=O)CCCNS(=O)(=O)c1cccc([N+](=O)[O-])c1. The van der Waals surface area contributed by atoms with Crippen LogP contribution in [0, 0.1) is 10.1 Å². The number of primary sulfonamides is 1. The molecule has 1 rings (SSSR count). The number of benzene rings is 1. The first-order valence-corrected chi connectivity index (χ1v) is 8.56. The van der Waals surface area contributed by atoms with Gasteiger partial charge in [-0.05, 0) is 12.5 Å². The molecular weight excluding hydrogens is 310 g/mol. The zero-order chi connectivity index (χ0) is 15.4. The van der Waals surface area contributed by atoms with Gasteiger partial charge in [0.25, 0.3) is 5.69 Å². The number of nitrogens with zero attached hydrogens (tertiary/aromatic N) is 1. The lowest BCUT2D eigenvalue weighted by Gasteiger charge is -2.06. The van der Waals surface area contributed by atoms with Crippen LogP contribution in [-0.2, 0) is 20.0 Å². The van der Waals surface area contributed by atoms with Crippen molar-refractivity contribution in [3.8, 4) is 0 Å². The van der Waals surface area contributed by atoms with E-state index in [0.29, 0.717) is 0 Å². The van der Waals surface area contributed by atoms with Gasteiger partial charge in [0, 0.05) is 18.7 Å². The minimum atomic E-state index is -3.92. The predicted molar refractivity (Wildman–Crippen MR) is 70.9 cm³/mol. The molecule has 0 amide bonds. The summed E-state index contributed by atoms with van der Waals surface area (Å²) in [6, 6.07) is 4.54. The standard InChI is InChI=1S/C9H13N3O6S2/c10-19(15,16)6-2-5-11-20(17,18)9-4-1-3-8(7-9)12(13)14/h1,3-4,7,11H,2,5-6H2,(H2,10,15,16). The van der Waals surface area contributed by atoms with Crippen molar-refractivity contribution < 1.29 is 21.8 Å². The van der Waals surface area contributed by atoms with E-state index in [1.54, 1.807) is 0 Å². The number of nitrogens with two attached hydrogens (primary N) is 1. The number of non-ortho nitro benzene ring substituents is 1. The lowest BCUT2D eigenvalue weighted by atomic mass is 10.3. The van der Waals surface area contributed by atoms with Gasteiger partial charge in [-0.3, -0.25) is 10.1 Å². The highest BCUT2D eigenvalue weighted by molar-refractivity contribution is 7.89. The van der Waals surface area contributed by atoms with Gasteiger partial charge in [-0.25, -0.2) is 26.7 Å². The predicted octanol–water partition coefficient (Wildman–Crippen LogP) is -0.448. The van der Waals surface area contributed by atoms with Crippen LogP contribution in [0.1, 0.15) is 6.42 Å². The van der Waals surface area contributed by atoms with E-state index < -0.39 is 25.0 Å². The molecule has 0 atom stereocenters. The van der Waals surface area contributed by atoms with Crippen molar-refractivity contribution in [3.63, 3.8) is 0 Å². The van der Waals surface area contributed by atoms with Crippen LogP contribution in [0.3, 0.4) is 0 Å². The van der Waals surface area contributed by atoms with E-state index in [-0.39, 0.29) is 29.3 Å². The van der Waals surface area contributed by atoms with Crippen LogP contribution >= 0.6 is 0 Å². The van der Waals surface area contributed by atoms with E-state index in [4.69, 9.17) is 5.14 Å². The van der Waals surface area contributed by atoms with E-state index in [1.807, 2.05) is 0 Å². The van der Waals surface area contributed by atoms with Gasteiger partial charge in [-0.1, -0.05) is 6.07 Å². The second kappa shape index (κ2) is 6.26. The van der Waals surface area contributed by atoms with Gasteiger partial charge in [-0.15, -0.1) is 0 Å². The Morgan fingerprint density at radius 2 is 1.90 bits per heavy atom. The summed E-state index contributed by atoms with van der Waals surface area (Å²) in [6.07, 6.45) is 0.00693. The van der Waals surface area contributed by atoms with Crippen LogP contribution in [0.25, 0.3) is 0 Å². The molecule has 0 aliphatic carbocycles. The fourth-order valence-electron chi connectivity index (χ4n) is 1.33. The van der Waals surface area contributed by atoms with Crippen LogP contribution in [0.15, 0.2) is 29.2 Å². The molecule has 0 bridgehead atoms. The third kappa shape index (κ3) is 5.21. The molecule has 1 aromatic rings. The Hall–Kier alpha value is -1.56. The van der Waals surface area contributed by atoms with E-state index >= 15 is 0 Å². The molecule has 0 aliphatic heterocycles. The van der Waals surface area contributed by atoms with Crippen LogP contribution in [0.5, 0.6) is 0 Å². The minimum Gasteiger partial charge on any atom is -0.258 e. The molecule has 11 heteroatoms. The highest BCUT2D eigenvalue weighted by Gasteiger charge is 2.17. The Kier molecular flexibility index (Phi) is 5.16. The van der Waals surface area contributed by atoms with Gasteiger partial charge in [0.2, 0.25) is 20.0 Å². The van der Waals surface area contributed by atoms with Gasteiger partial charge in [-0.2, -0.15) is 0 Å². The average molecular weight is 323 g/mol. The zero-order valence-corrected chi connectivity index (χ0v) is 11.9. The highest BCUT2D eigenvalue weighted by Crippen LogP contribution is 2.16. The number of rotatable bonds is 7. The number of nitro groups is 1. The van der Waals surface area contributed by atoms with Crippen LogP contribution in [0.2, 0.25) is 0 Å². The number of nitrogens with one attached hydrogen (secondary N) is 1. The minimum absolute atomic E-state index is 0.00693. The number of nitro benzene ring substituents is 1. The molecule has 0 saturated carbocycles.